The molecule has 2 fully saturated rings. The summed E-state index contributed by atoms with van der Waals surface area (Å²) in [6, 6.07) is 6.21. The van der Waals surface area contributed by atoms with Crippen LogP contribution in [0.15, 0.2) is 30.1 Å². The zero-order chi connectivity index (χ0) is 21.4. The Labute approximate surface area is 182 Å². The third kappa shape index (κ3) is 3.41. The van der Waals surface area contributed by atoms with E-state index in [4.69, 9.17) is 12.2 Å². The Morgan fingerprint density at radius 2 is 1.93 bits per heavy atom. The van der Waals surface area contributed by atoms with Crippen LogP contribution in [0.25, 0.3) is 17.0 Å². The van der Waals surface area contributed by atoms with Gasteiger partial charge in [-0.05, 0) is 50.0 Å². The van der Waals surface area contributed by atoms with Crippen LogP contribution in [-0.2, 0) is 22.6 Å². The van der Waals surface area contributed by atoms with Crippen molar-refractivity contribution in [1.29, 1.82) is 0 Å². The fraction of sp³-hybridized carbons (Fsp3) is 0.435. The number of hydrogen-bond donors (Lipinski definition) is 0. The molecule has 30 heavy (non-hydrogen) atoms. The van der Waals surface area contributed by atoms with Crippen molar-refractivity contribution in [3.63, 3.8) is 0 Å². The van der Waals surface area contributed by atoms with Gasteiger partial charge in [0.1, 0.15) is 12.2 Å². The van der Waals surface area contributed by atoms with Crippen LogP contribution in [0, 0.1) is 0 Å². The number of fused-ring (bicyclic) bond motifs is 1. The lowest BCUT2D eigenvalue weighted by molar-refractivity contribution is -0.130. The number of nitrogens with zero attached hydrogens (tertiary/aromatic N) is 4. The van der Waals surface area contributed by atoms with Gasteiger partial charge in [0.15, 0.2) is 5.11 Å². The molecule has 1 aromatic carbocycles. The van der Waals surface area contributed by atoms with E-state index in [1.54, 1.807) is 9.80 Å². The number of thiocarbonyl (C=S) groups is 1. The van der Waals surface area contributed by atoms with Gasteiger partial charge < -0.3 is 14.4 Å². The number of benzene rings is 1. The Bertz CT molecular complexity index is 1050. The highest BCUT2D eigenvalue weighted by atomic mass is 32.1. The lowest BCUT2D eigenvalue weighted by Crippen LogP contribution is -2.30. The summed E-state index contributed by atoms with van der Waals surface area (Å²) in [4.78, 5) is 31.0. The summed E-state index contributed by atoms with van der Waals surface area (Å²) in [6.45, 7) is 6.60. The number of aromatic nitrogens is 1. The van der Waals surface area contributed by atoms with E-state index < -0.39 is 0 Å². The molecule has 158 valence electrons. The van der Waals surface area contributed by atoms with Gasteiger partial charge in [-0.2, -0.15) is 0 Å². The van der Waals surface area contributed by atoms with Crippen LogP contribution in [0.3, 0.4) is 0 Å². The second kappa shape index (κ2) is 8.22. The molecule has 0 radical (unpaired) electrons. The van der Waals surface area contributed by atoms with Crippen LogP contribution in [0.1, 0.15) is 37.8 Å². The van der Waals surface area contributed by atoms with Crippen molar-refractivity contribution in [3.8, 4) is 0 Å². The predicted octanol–water partition coefficient (Wildman–Crippen LogP) is 3.25. The minimum Gasteiger partial charge on any atom is -0.341 e. The zero-order valence-corrected chi connectivity index (χ0v) is 18.7. The highest BCUT2D eigenvalue weighted by Gasteiger charge is 2.34. The normalized spacial score (nSPS) is 18.5. The van der Waals surface area contributed by atoms with Gasteiger partial charge >= 0.3 is 0 Å². The van der Waals surface area contributed by atoms with Crippen molar-refractivity contribution in [2.45, 2.75) is 39.7 Å². The molecule has 0 N–H and O–H groups in total. The van der Waals surface area contributed by atoms with Gasteiger partial charge in [-0.1, -0.05) is 25.1 Å². The Hall–Kier alpha value is -2.67. The van der Waals surface area contributed by atoms with E-state index in [1.165, 1.54) is 5.56 Å². The van der Waals surface area contributed by atoms with E-state index in [1.807, 2.05) is 37.2 Å². The van der Waals surface area contributed by atoms with Crippen molar-refractivity contribution in [2.24, 2.45) is 0 Å². The maximum atomic E-state index is 12.8. The van der Waals surface area contributed by atoms with Gasteiger partial charge in [0.25, 0.3) is 5.91 Å². The number of amides is 2. The fourth-order valence-electron chi connectivity index (χ4n) is 4.44. The molecule has 0 atom stereocenters. The molecule has 2 aliphatic heterocycles. The lowest BCUT2D eigenvalue weighted by atomic mass is 10.1. The van der Waals surface area contributed by atoms with E-state index in [9.17, 15) is 9.59 Å². The summed E-state index contributed by atoms with van der Waals surface area (Å²) in [5.74, 6) is 0.0765. The first-order valence-electron chi connectivity index (χ1n) is 10.7. The molecular formula is C23H28N4O2S. The highest BCUT2D eigenvalue weighted by Crippen LogP contribution is 2.30. The Kier molecular flexibility index (Phi) is 5.64. The minimum atomic E-state index is -0.0781. The Morgan fingerprint density at radius 3 is 2.57 bits per heavy atom. The van der Waals surface area contributed by atoms with Crippen LogP contribution in [0.4, 0.5) is 0 Å². The van der Waals surface area contributed by atoms with Crippen LogP contribution in [-0.4, -0.2) is 62.9 Å². The third-order valence-corrected chi connectivity index (χ3v) is 6.60. The maximum Gasteiger partial charge on any atom is 0.276 e. The number of likely N-dealkylation sites (tertiary alicyclic amines) is 1. The first kappa shape index (κ1) is 20.6. The standard InChI is InChI=1S/C23H28N4O2S/c1-4-16-9-8-10-18-17(13-19-22(29)27(5-2)23(30)24(19)3)14-26(21(16)18)15-20(28)25-11-6-7-12-25/h8-10,13-14H,4-7,11-12,15H2,1-3H3/b19-13-. The summed E-state index contributed by atoms with van der Waals surface area (Å²) in [5.41, 5.74) is 3.77. The molecule has 0 unspecified atom stereocenters. The number of carbonyl (C=O) groups is 2. The molecule has 4 rings (SSSR count). The van der Waals surface area contributed by atoms with Crippen LogP contribution in [0.2, 0.25) is 0 Å². The van der Waals surface area contributed by atoms with Gasteiger partial charge in [0.05, 0.1) is 5.52 Å². The average Bonchev–Trinajstić information content (AvgIpc) is 3.44. The second-order valence-electron chi connectivity index (χ2n) is 7.89. The summed E-state index contributed by atoms with van der Waals surface area (Å²) < 4.78 is 2.05. The molecular weight excluding hydrogens is 396 g/mol. The molecule has 0 saturated carbocycles. The summed E-state index contributed by atoms with van der Waals surface area (Å²) in [7, 11) is 1.83. The molecule has 3 heterocycles. The van der Waals surface area contributed by atoms with Crippen molar-refractivity contribution in [1.82, 2.24) is 19.3 Å². The third-order valence-electron chi connectivity index (χ3n) is 6.11. The average molecular weight is 425 g/mol. The smallest absolute Gasteiger partial charge is 0.276 e. The number of aryl methyl sites for hydroxylation is 1. The van der Waals surface area contributed by atoms with Crippen LogP contribution >= 0.6 is 12.2 Å². The zero-order valence-electron chi connectivity index (χ0n) is 17.9. The molecule has 2 saturated heterocycles. The maximum absolute atomic E-state index is 12.8. The van der Waals surface area contributed by atoms with Crippen LogP contribution in [0.5, 0.6) is 0 Å². The van der Waals surface area contributed by atoms with Gasteiger partial charge in [-0.15, -0.1) is 0 Å². The topological polar surface area (TPSA) is 48.8 Å². The second-order valence-corrected chi connectivity index (χ2v) is 8.25. The molecule has 6 nitrogen and oxygen atoms in total. The summed E-state index contributed by atoms with van der Waals surface area (Å²) in [6.07, 6.45) is 6.95. The Morgan fingerprint density at radius 1 is 1.20 bits per heavy atom. The molecule has 0 spiro atoms. The van der Waals surface area contributed by atoms with Crippen molar-refractivity contribution >= 4 is 46.1 Å². The van der Waals surface area contributed by atoms with E-state index in [2.05, 4.69) is 23.6 Å². The van der Waals surface area contributed by atoms with Crippen molar-refractivity contribution in [2.75, 3.05) is 26.7 Å². The highest BCUT2D eigenvalue weighted by molar-refractivity contribution is 7.80. The molecule has 1 aromatic heterocycles. The molecule has 2 aliphatic rings. The van der Waals surface area contributed by atoms with Gasteiger partial charge in [0, 0.05) is 43.8 Å². The molecule has 0 aliphatic carbocycles. The fourth-order valence-corrected chi connectivity index (χ4v) is 4.75. The van der Waals surface area contributed by atoms with E-state index in [0.717, 1.165) is 48.8 Å². The molecule has 2 aromatic rings. The lowest BCUT2D eigenvalue weighted by Gasteiger charge is -2.16. The molecule has 2 amide bonds. The van der Waals surface area contributed by atoms with E-state index in [0.29, 0.717) is 23.9 Å². The largest absolute Gasteiger partial charge is 0.341 e. The van der Waals surface area contributed by atoms with E-state index in [-0.39, 0.29) is 11.8 Å². The monoisotopic (exact) mass is 424 g/mol. The van der Waals surface area contributed by atoms with Crippen LogP contribution < -0.4 is 0 Å². The number of para-hydroxylation sites is 1. The quantitative estimate of drug-likeness (QED) is 0.546. The summed E-state index contributed by atoms with van der Waals surface area (Å²) >= 11 is 5.43. The van der Waals surface area contributed by atoms with Gasteiger partial charge in [-0.3, -0.25) is 14.5 Å². The summed E-state index contributed by atoms with van der Waals surface area (Å²) in [5, 5.41) is 1.58. The van der Waals surface area contributed by atoms with Gasteiger partial charge in [-0.25, -0.2) is 0 Å². The van der Waals surface area contributed by atoms with Crippen molar-refractivity contribution < 1.29 is 9.59 Å². The number of carbonyl (C=O) groups excluding carboxylic acids is 2. The SMILES string of the molecule is CCc1cccc2c(/C=C3/C(=O)N(CC)C(=S)N3C)cn(CC(=O)N3CCCC3)c12. The number of rotatable bonds is 5. The predicted molar refractivity (Wildman–Crippen MR) is 123 cm³/mol. The first-order valence-corrected chi connectivity index (χ1v) is 11.1. The Balaban J connectivity index is 1.78. The number of hydrogen-bond acceptors (Lipinski definition) is 3. The number of likely N-dealkylation sites (N-methyl/N-ethyl adjacent to an activating group) is 2. The minimum absolute atomic E-state index is 0.0781. The van der Waals surface area contributed by atoms with E-state index >= 15 is 0 Å². The molecule has 7 heteroatoms. The van der Waals surface area contributed by atoms with Gasteiger partial charge in [0.2, 0.25) is 5.91 Å². The molecule has 0 bridgehead atoms. The van der Waals surface area contributed by atoms with Crippen molar-refractivity contribution in [3.05, 3.63) is 41.2 Å². The first-order chi connectivity index (χ1) is 14.5.